The van der Waals surface area contributed by atoms with E-state index in [1.54, 1.807) is 22.8 Å². The Bertz CT molecular complexity index is 244. The van der Waals surface area contributed by atoms with E-state index >= 15 is 0 Å². The molecule has 0 bridgehead atoms. The molecule has 0 aliphatic heterocycles. The SMILES string of the molecule is C[I-]c1cc(C(=O)O)cs1. The summed E-state index contributed by atoms with van der Waals surface area (Å²) in [6, 6.07) is 1.76. The molecule has 0 aromatic carbocycles. The summed E-state index contributed by atoms with van der Waals surface area (Å²) >= 11 is 1.61. The van der Waals surface area contributed by atoms with Gasteiger partial charge in [-0.15, -0.1) is 0 Å². The van der Waals surface area contributed by atoms with Gasteiger partial charge < -0.3 is 0 Å². The summed E-state index contributed by atoms with van der Waals surface area (Å²) in [5.41, 5.74) is 0.432. The molecule has 0 amide bonds. The zero-order valence-corrected chi connectivity index (χ0v) is 8.27. The van der Waals surface area contributed by atoms with Gasteiger partial charge in [-0.05, 0) is 0 Å². The molecule has 0 unspecified atom stereocenters. The molecule has 0 spiro atoms. The third kappa shape index (κ3) is 1.69. The van der Waals surface area contributed by atoms with Gasteiger partial charge in [0, 0.05) is 0 Å². The van der Waals surface area contributed by atoms with Crippen LogP contribution >= 0.6 is 11.3 Å². The van der Waals surface area contributed by atoms with Crippen molar-refractivity contribution >= 4 is 17.3 Å². The second kappa shape index (κ2) is 3.34. The molecule has 0 aliphatic carbocycles. The summed E-state index contributed by atoms with van der Waals surface area (Å²) in [5, 5.41) is 10.2. The normalized spacial score (nSPS) is 10.1. The number of rotatable bonds is 2. The average molecular weight is 269 g/mol. The Labute approximate surface area is 73.1 Å². The summed E-state index contributed by atoms with van der Waals surface area (Å²) in [5.74, 6) is -0.819. The van der Waals surface area contributed by atoms with Gasteiger partial charge >= 0.3 is 73.2 Å². The van der Waals surface area contributed by atoms with E-state index in [1.165, 1.54) is 2.88 Å². The summed E-state index contributed by atoms with van der Waals surface area (Å²) < 4.78 is 1.23. The standard InChI is InChI=1S/C6H6IO2S/c1-7-5-2-4(3-10-5)6(8)9/h2-3H,1H3,(H,8,9)/q-1. The Morgan fingerprint density at radius 1 is 1.80 bits per heavy atom. The minimum absolute atomic E-state index is 0.0598. The van der Waals surface area contributed by atoms with Crippen molar-refractivity contribution in [1.29, 1.82) is 0 Å². The second-order valence-corrected chi connectivity index (χ2v) is 5.52. The molecule has 1 aromatic heterocycles. The number of halogens is 1. The van der Waals surface area contributed by atoms with E-state index in [1.807, 2.05) is 0 Å². The van der Waals surface area contributed by atoms with Gasteiger partial charge in [-0.1, -0.05) is 0 Å². The van der Waals surface area contributed by atoms with Crippen LogP contribution in [0.25, 0.3) is 0 Å². The van der Waals surface area contributed by atoms with E-state index in [4.69, 9.17) is 5.11 Å². The van der Waals surface area contributed by atoms with Crippen molar-refractivity contribution in [2.24, 2.45) is 0 Å². The van der Waals surface area contributed by atoms with Crippen LogP contribution in [0.3, 0.4) is 0 Å². The van der Waals surface area contributed by atoms with Gasteiger partial charge in [0.2, 0.25) is 0 Å². The molecule has 0 radical (unpaired) electrons. The van der Waals surface area contributed by atoms with Gasteiger partial charge in [-0.25, -0.2) is 0 Å². The van der Waals surface area contributed by atoms with Crippen molar-refractivity contribution in [1.82, 2.24) is 0 Å². The molecular weight excluding hydrogens is 263 g/mol. The van der Waals surface area contributed by atoms with E-state index in [2.05, 4.69) is 4.93 Å². The quantitative estimate of drug-likeness (QED) is 0.515. The topological polar surface area (TPSA) is 37.3 Å². The van der Waals surface area contributed by atoms with E-state index in [-0.39, 0.29) is 21.2 Å². The predicted molar refractivity (Wildman–Crippen MR) is 35.9 cm³/mol. The molecule has 10 heavy (non-hydrogen) atoms. The molecule has 0 atom stereocenters. The van der Waals surface area contributed by atoms with E-state index in [0.717, 1.165) is 0 Å². The molecule has 0 aliphatic rings. The number of aromatic carboxylic acids is 1. The van der Waals surface area contributed by atoms with Crippen molar-refractivity contribution in [2.75, 3.05) is 4.93 Å². The second-order valence-electron chi connectivity index (χ2n) is 1.63. The number of hydrogen-bond acceptors (Lipinski definition) is 2. The molecule has 0 fully saturated rings. The third-order valence-corrected chi connectivity index (χ3v) is 4.89. The van der Waals surface area contributed by atoms with Crippen molar-refractivity contribution in [3.8, 4) is 0 Å². The maximum atomic E-state index is 10.3. The molecular formula is C6H6IO2S-. The molecule has 2 nitrogen and oxygen atoms in total. The van der Waals surface area contributed by atoms with Gasteiger partial charge in [-0.2, -0.15) is 0 Å². The molecule has 1 rings (SSSR count). The van der Waals surface area contributed by atoms with Crippen LogP contribution in [0.2, 0.25) is 0 Å². The first-order valence-corrected chi connectivity index (χ1v) is 6.67. The molecule has 1 heterocycles. The van der Waals surface area contributed by atoms with Crippen molar-refractivity contribution in [2.45, 2.75) is 0 Å². The number of carboxylic acid groups (broad SMARTS) is 1. The van der Waals surface area contributed by atoms with Crippen molar-refractivity contribution in [3.05, 3.63) is 19.9 Å². The fourth-order valence-electron chi connectivity index (χ4n) is 0.521. The predicted octanol–water partition coefficient (Wildman–Crippen LogP) is -1.67. The van der Waals surface area contributed by atoms with Crippen LogP contribution in [0.1, 0.15) is 10.4 Å². The Morgan fingerprint density at radius 2 is 2.50 bits per heavy atom. The van der Waals surface area contributed by atoms with Gasteiger partial charge in [-0.3, -0.25) is 0 Å². The van der Waals surface area contributed by atoms with Gasteiger partial charge in [0.15, 0.2) is 0 Å². The van der Waals surface area contributed by atoms with E-state index < -0.39 is 5.97 Å². The van der Waals surface area contributed by atoms with Crippen LogP contribution in [-0.2, 0) is 0 Å². The molecule has 56 valence electrons. The van der Waals surface area contributed by atoms with Crippen LogP contribution in [0.4, 0.5) is 0 Å². The third-order valence-electron chi connectivity index (χ3n) is 1.00. The molecule has 1 aromatic rings. The van der Waals surface area contributed by atoms with Gasteiger partial charge in [0.1, 0.15) is 0 Å². The Kier molecular flexibility index (Phi) is 2.67. The number of hydrogen-bond donors (Lipinski definition) is 1. The van der Waals surface area contributed by atoms with Crippen LogP contribution in [-0.4, -0.2) is 16.0 Å². The minimum atomic E-state index is -0.819. The van der Waals surface area contributed by atoms with Gasteiger partial charge in [0.25, 0.3) is 0 Å². The van der Waals surface area contributed by atoms with Crippen LogP contribution < -0.4 is 21.2 Å². The first kappa shape index (κ1) is 8.00. The number of carbonyl (C=O) groups is 1. The van der Waals surface area contributed by atoms with Crippen molar-refractivity contribution < 1.29 is 31.1 Å². The number of alkyl halides is 1. The Balaban J connectivity index is 2.88. The monoisotopic (exact) mass is 269 g/mol. The zero-order valence-electron chi connectivity index (χ0n) is 5.30. The molecule has 0 saturated heterocycles. The first-order chi connectivity index (χ1) is 4.74. The summed E-state index contributed by atoms with van der Waals surface area (Å²) in [6.07, 6.45) is 0. The summed E-state index contributed by atoms with van der Waals surface area (Å²) in [6.45, 7) is 0. The van der Waals surface area contributed by atoms with E-state index in [0.29, 0.717) is 5.56 Å². The van der Waals surface area contributed by atoms with Crippen molar-refractivity contribution in [3.63, 3.8) is 0 Å². The first-order valence-electron chi connectivity index (χ1n) is 2.55. The fraction of sp³-hybridized carbons (Fsp3) is 0.167. The van der Waals surface area contributed by atoms with Crippen LogP contribution in [0.5, 0.6) is 0 Å². The molecule has 1 N–H and O–H groups in total. The van der Waals surface area contributed by atoms with Gasteiger partial charge in [0.05, 0.1) is 0 Å². The zero-order chi connectivity index (χ0) is 7.56. The van der Waals surface area contributed by atoms with E-state index in [9.17, 15) is 4.79 Å². The Morgan fingerprint density at radius 3 is 2.80 bits per heavy atom. The number of thiophene rings is 1. The van der Waals surface area contributed by atoms with Crippen LogP contribution in [0.15, 0.2) is 11.4 Å². The summed E-state index contributed by atoms with van der Waals surface area (Å²) in [7, 11) is 0. The number of carboxylic acids is 1. The molecule has 0 saturated carbocycles. The maximum absolute atomic E-state index is 10.3. The van der Waals surface area contributed by atoms with Crippen LogP contribution in [0, 0.1) is 2.88 Å². The Hall–Kier alpha value is -0.100. The molecule has 4 heteroatoms. The fourth-order valence-corrected chi connectivity index (χ4v) is 3.00. The average Bonchev–Trinajstić information content (AvgIpc) is 2.34. The summed E-state index contributed by atoms with van der Waals surface area (Å²) in [4.78, 5) is 12.5.